The summed E-state index contributed by atoms with van der Waals surface area (Å²) in [7, 11) is 0. The van der Waals surface area contributed by atoms with Crippen molar-refractivity contribution in [2.75, 3.05) is 0 Å². The summed E-state index contributed by atoms with van der Waals surface area (Å²) >= 11 is 2.92. The number of benzene rings is 1. The Hall–Kier alpha value is -1.72. The van der Waals surface area contributed by atoms with E-state index in [1.54, 1.807) is 11.3 Å². The molecule has 96 valence electrons. The van der Waals surface area contributed by atoms with Crippen LogP contribution in [0, 0.1) is 0 Å². The van der Waals surface area contributed by atoms with Gasteiger partial charge in [-0.1, -0.05) is 25.1 Å². The Kier molecular flexibility index (Phi) is 3.08. The summed E-state index contributed by atoms with van der Waals surface area (Å²) < 4.78 is 1.20. The SMILES string of the molecule is CCc1nc(-c2csc3ccccc23)sc1C(=O)O. The van der Waals surface area contributed by atoms with E-state index < -0.39 is 5.97 Å². The van der Waals surface area contributed by atoms with Crippen molar-refractivity contribution in [3.05, 3.63) is 40.2 Å². The Morgan fingerprint density at radius 1 is 1.37 bits per heavy atom. The molecular weight excluding hydrogens is 278 g/mol. The number of carboxylic acids is 1. The van der Waals surface area contributed by atoms with Gasteiger partial charge in [0.15, 0.2) is 0 Å². The van der Waals surface area contributed by atoms with E-state index in [1.807, 2.05) is 19.1 Å². The van der Waals surface area contributed by atoms with Crippen molar-refractivity contribution in [3.8, 4) is 10.6 Å². The van der Waals surface area contributed by atoms with E-state index in [1.165, 1.54) is 16.0 Å². The molecule has 0 spiro atoms. The van der Waals surface area contributed by atoms with Gasteiger partial charge in [-0.3, -0.25) is 0 Å². The van der Waals surface area contributed by atoms with Crippen molar-refractivity contribution < 1.29 is 9.90 Å². The minimum Gasteiger partial charge on any atom is -0.477 e. The maximum absolute atomic E-state index is 11.2. The number of hydrogen-bond donors (Lipinski definition) is 1. The summed E-state index contributed by atoms with van der Waals surface area (Å²) in [6.45, 7) is 1.93. The number of thiophene rings is 1. The second-order valence-corrected chi connectivity index (χ2v) is 6.01. The van der Waals surface area contributed by atoms with Crippen LogP contribution in [0.25, 0.3) is 20.7 Å². The molecule has 1 N–H and O–H groups in total. The van der Waals surface area contributed by atoms with Gasteiger partial charge < -0.3 is 5.11 Å². The van der Waals surface area contributed by atoms with Crippen molar-refractivity contribution in [2.24, 2.45) is 0 Å². The molecule has 3 nitrogen and oxygen atoms in total. The molecule has 1 aromatic carbocycles. The van der Waals surface area contributed by atoms with Gasteiger partial charge in [0.05, 0.1) is 5.69 Å². The number of thiazole rings is 1. The first-order chi connectivity index (χ1) is 9.20. The molecule has 3 aromatic rings. The van der Waals surface area contributed by atoms with Crippen molar-refractivity contribution >= 4 is 38.7 Å². The van der Waals surface area contributed by atoms with E-state index in [-0.39, 0.29) is 0 Å². The summed E-state index contributed by atoms with van der Waals surface area (Å²) in [5.41, 5.74) is 1.70. The summed E-state index contributed by atoms with van der Waals surface area (Å²) in [6, 6.07) is 8.11. The Labute approximate surface area is 118 Å². The van der Waals surface area contributed by atoms with Crippen LogP contribution in [0.4, 0.5) is 0 Å². The largest absolute Gasteiger partial charge is 0.477 e. The Bertz CT molecular complexity index is 758. The van der Waals surface area contributed by atoms with Crippen LogP contribution in [0.5, 0.6) is 0 Å². The third kappa shape index (κ3) is 2.05. The number of carboxylic acid groups (broad SMARTS) is 1. The molecule has 0 fully saturated rings. The first kappa shape index (κ1) is 12.3. The van der Waals surface area contributed by atoms with Crippen LogP contribution >= 0.6 is 22.7 Å². The highest BCUT2D eigenvalue weighted by Crippen LogP contribution is 2.37. The molecule has 0 aliphatic carbocycles. The number of nitrogens with zero attached hydrogens (tertiary/aromatic N) is 1. The van der Waals surface area contributed by atoms with Gasteiger partial charge in [-0.25, -0.2) is 9.78 Å². The molecule has 3 rings (SSSR count). The van der Waals surface area contributed by atoms with E-state index in [4.69, 9.17) is 0 Å². The monoisotopic (exact) mass is 289 g/mol. The molecule has 2 aromatic heterocycles. The van der Waals surface area contributed by atoms with Gasteiger partial charge in [-0.2, -0.15) is 0 Å². The minimum atomic E-state index is -0.889. The van der Waals surface area contributed by atoms with Crippen molar-refractivity contribution in [1.82, 2.24) is 4.98 Å². The average molecular weight is 289 g/mol. The Morgan fingerprint density at radius 2 is 2.16 bits per heavy atom. The number of rotatable bonds is 3. The molecule has 0 saturated carbocycles. The fourth-order valence-electron chi connectivity index (χ4n) is 2.02. The summed E-state index contributed by atoms with van der Waals surface area (Å²) in [5, 5.41) is 13.2. The van der Waals surface area contributed by atoms with E-state index in [2.05, 4.69) is 22.5 Å². The van der Waals surface area contributed by atoms with E-state index in [9.17, 15) is 9.90 Å². The zero-order valence-corrected chi connectivity index (χ0v) is 11.8. The molecule has 0 unspecified atom stereocenters. The number of aromatic carboxylic acids is 1. The average Bonchev–Trinajstić information content (AvgIpc) is 3.01. The highest BCUT2D eigenvalue weighted by Gasteiger charge is 2.18. The van der Waals surface area contributed by atoms with Crippen LogP contribution in [0.1, 0.15) is 22.3 Å². The Morgan fingerprint density at radius 3 is 2.84 bits per heavy atom. The molecule has 0 amide bonds. The van der Waals surface area contributed by atoms with Gasteiger partial charge in [0, 0.05) is 21.0 Å². The van der Waals surface area contributed by atoms with Gasteiger partial charge in [-0.05, 0) is 12.5 Å². The van der Waals surface area contributed by atoms with E-state index in [0.717, 1.165) is 16.0 Å². The smallest absolute Gasteiger partial charge is 0.347 e. The van der Waals surface area contributed by atoms with Crippen molar-refractivity contribution in [1.29, 1.82) is 0 Å². The second-order valence-electron chi connectivity index (χ2n) is 4.10. The van der Waals surface area contributed by atoms with Gasteiger partial charge >= 0.3 is 5.97 Å². The zero-order chi connectivity index (χ0) is 13.4. The van der Waals surface area contributed by atoms with Crippen LogP contribution in [-0.2, 0) is 6.42 Å². The van der Waals surface area contributed by atoms with Gasteiger partial charge in [0.1, 0.15) is 9.88 Å². The lowest BCUT2D eigenvalue weighted by Gasteiger charge is -1.93. The van der Waals surface area contributed by atoms with E-state index >= 15 is 0 Å². The van der Waals surface area contributed by atoms with Gasteiger partial charge in [0.2, 0.25) is 0 Å². The summed E-state index contributed by atoms with van der Waals surface area (Å²) in [6.07, 6.45) is 0.639. The molecule has 0 saturated heterocycles. The first-order valence-electron chi connectivity index (χ1n) is 5.90. The first-order valence-corrected chi connectivity index (χ1v) is 7.60. The van der Waals surface area contributed by atoms with Gasteiger partial charge in [-0.15, -0.1) is 22.7 Å². The minimum absolute atomic E-state index is 0.354. The normalized spacial score (nSPS) is 11.0. The molecule has 0 bridgehead atoms. The molecule has 2 heterocycles. The third-order valence-corrected chi connectivity index (χ3v) is 5.02. The highest BCUT2D eigenvalue weighted by atomic mass is 32.1. The fourth-order valence-corrected chi connectivity index (χ4v) is 4.06. The maximum atomic E-state index is 11.2. The number of fused-ring (bicyclic) bond motifs is 1. The number of hydrogen-bond acceptors (Lipinski definition) is 4. The van der Waals surface area contributed by atoms with Crippen LogP contribution < -0.4 is 0 Å². The quantitative estimate of drug-likeness (QED) is 0.782. The standard InChI is InChI=1S/C14H11NO2S2/c1-2-10-12(14(16)17)19-13(15-10)9-7-18-11-6-4-3-5-8(9)11/h3-7H,2H2,1H3,(H,16,17). The Balaban J connectivity index is 2.19. The lowest BCUT2D eigenvalue weighted by atomic mass is 10.2. The van der Waals surface area contributed by atoms with Crippen LogP contribution in [0.15, 0.2) is 29.6 Å². The van der Waals surface area contributed by atoms with E-state index in [0.29, 0.717) is 17.0 Å². The molecule has 0 radical (unpaired) electrons. The predicted octanol–water partition coefficient (Wildman–Crippen LogP) is 4.29. The second kappa shape index (κ2) is 4.75. The summed E-state index contributed by atoms with van der Waals surface area (Å²) in [5.74, 6) is -0.889. The summed E-state index contributed by atoms with van der Waals surface area (Å²) in [4.78, 5) is 16.0. The van der Waals surface area contributed by atoms with Crippen LogP contribution in [0.2, 0.25) is 0 Å². The molecular formula is C14H11NO2S2. The fraction of sp³-hybridized carbons (Fsp3) is 0.143. The number of carbonyl (C=O) groups is 1. The molecule has 0 atom stereocenters. The molecule has 0 aliphatic rings. The predicted molar refractivity (Wildman–Crippen MR) is 79.3 cm³/mol. The lowest BCUT2D eigenvalue weighted by Crippen LogP contribution is -1.97. The number of aryl methyl sites for hydroxylation is 1. The lowest BCUT2D eigenvalue weighted by molar-refractivity contribution is 0.0701. The molecule has 19 heavy (non-hydrogen) atoms. The van der Waals surface area contributed by atoms with Crippen LogP contribution in [-0.4, -0.2) is 16.1 Å². The van der Waals surface area contributed by atoms with Crippen molar-refractivity contribution in [3.63, 3.8) is 0 Å². The highest BCUT2D eigenvalue weighted by molar-refractivity contribution is 7.20. The molecule has 5 heteroatoms. The number of aromatic nitrogens is 1. The third-order valence-electron chi connectivity index (χ3n) is 2.94. The van der Waals surface area contributed by atoms with Crippen molar-refractivity contribution in [2.45, 2.75) is 13.3 Å². The zero-order valence-electron chi connectivity index (χ0n) is 10.2. The van der Waals surface area contributed by atoms with Gasteiger partial charge in [0.25, 0.3) is 0 Å². The maximum Gasteiger partial charge on any atom is 0.347 e. The topological polar surface area (TPSA) is 50.2 Å². The van der Waals surface area contributed by atoms with Crippen LogP contribution in [0.3, 0.4) is 0 Å². The molecule has 0 aliphatic heterocycles.